The third-order valence-corrected chi connectivity index (χ3v) is 3.93. The van der Waals surface area contributed by atoms with Crippen LogP contribution in [-0.2, 0) is 11.3 Å². The number of likely N-dealkylation sites (tertiary alicyclic amines) is 1. The molecule has 1 heterocycles. The number of piperidine rings is 1. The largest absolute Gasteiger partial charge is 0.493 e. The van der Waals surface area contributed by atoms with Crippen molar-refractivity contribution in [3.05, 3.63) is 23.8 Å². The number of ether oxygens (including phenoxy) is 2. The molecule has 1 aliphatic rings. The highest BCUT2D eigenvalue weighted by Gasteiger charge is 2.29. The van der Waals surface area contributed by atoms with Crippen molar-refractivity contribution in [2.45, 2.75) is 26.5 Å². The molecule has 1 aliphatic heterocycles. The van der Waals surface area contributed by atoms with Crippen LogP contribution in [0.15, 0.2) is 18.2 Å². The van der Waals surface area contributed by atoms with Crippen LogP contribution in [0.5, 0.6) is 11.5 Å². The molecule has 2 rings (SSSR count). The summed E-state index contributed by atoms with van der Waals surface area (Å²) in [7, 11) is 1.39. The number of methoxy groups -OCH3 is 1. The van der Waals surface area contributed by atoms with Crippen molar-refractivity contribution in [3.8, 4) is 11.5 Å². The number of nitrogens with zero attached hydrogens (tertiary/aromatic N) is 1. The average molecular weight is 329 g/mol. The number of aliphatic carboxylic acids is 1. The van der Waals surface area contributed by atoms with Crippen molar-refractivity contribution >= 4 is 5.97 Å². The number of benzene rings is 1. The van der Waals surface area contributed by atoms with Crippen LogP contribution < -0.4 is 9.47 Å². The molecule has 7 heteroatoms. The van der Waals surface area contributed by atoms with E-state index in [-0.39, 0.29) is 17.4 Å². The monoisotopic (exact) mass is 329 g/mol. The minimum absolute atomic E-state index is 0.0123. The highest BCUT2D eigenvalue weighted by Crippen LogP contribution is 2.31. The summed E-state index contributed by atoms with van der Waals surface area (Å²) in [6, 6.07) is 4.78. The van der Waals surface area contributed by atoms with Crippen LogP contribution in [-0.4, -0.2) is 42.8 Å². The van der Waals surface area contributed by atoms with E-state index in [1.54, 1.807) is 12.1 Å². The van der Waals surface area contributed by atoms with Crippen molar-refractivity contribution in [1.82, 2.24) is 4.90 Å². The van der Waals surface area contributed by atoms with Crippen LogP contribution in [0.1, 0.15) is 18.9 Å². The van der Waals surface area contributed by atoms with Gasteiger partial charge in [-0.05, 0) is 30.0 Å². The normalized spacial score (nSPS) is 22.1. The number of hydrogen-bond donors (Lipinski definition) is 1. The Kier molecular flexibility index (Phi) is 5.76. The predicted octanol–water partition coefficient (Wildman–Crippen LogP) is 2.84. The molecule has 2 atom stereocenters. The molecule has 0 radical (unpaired) electrons. The number of carboxylic acids is 1. The molecule has 0 bridgehead atoms. The molecule has 1 fully saturated rings. The maximum atomic E-state index is 12.3. The van der Waals surface area contributed by atoms with Crippen molar-refractivity contribution in [2.75, 3.05) is 20.2 Å². The summed E-state index contributed by atoms with van der Waals surface area (Å²) in [5.41, 5.74) is 0.863. The summed E-state index contributed by atoms with van der Waals surface area (Å²) in [5.74, 6) is -0.626. The fourth-order valence-corrected chi connectivity index (χ4v) is 3.03. The van der Waals surface area contributed by atoms with E-state index in [9.17, 15) is 18.7 Å². The van der Waals surface area contributed by atoms with Crippen molar-refractivity contribution in [3.63, 3.8) is 0 Å². The summed E-state index contributed by atoms with van der Waals surface area (Å²) in [5, 5.41) is 9.21. The first kappa shape index (κ1) is 17.5. The summed E-state index contributed by atoms with van der Waals surface area (Å²) < 4.78 is 34.1. The number of rotatable bonds is 6. The lowest BCUT2D eigenvalue weighted by Crippen LogP contribution is -2.41. The van der Waals surface area contributed by atoms with Gasteiger partial charge in [0.15, 0.2) is 11.5 Å². The number of alkyl halides is 2. The van der Waals surface area contributed by atoms with Crippen LogP contribution in [0.25, 0.3) is 0 Å². The van der Waals surface area contributed by atoms with Gasteiger partial charge in [-0.1, -0.05) is 13.0 Å². The van der Waals surface area contributed by atoms with Gasteiger partial charge in [0.1, 0.15) is 0 Å². The lowest BCUT2D eigenvalue weighted by Gasteiger charge is -2.34. The van der Waals surface area contributed by atoms with Gasteiger partial charge in [0.25, 0.3) is 0 Å². The van der Waals surface area contributed by atoms with Gasteiger partial charge in [-0.25, -0.2) is 0 Å². The van der Waals surface area contributed by atoms with Gasteiger partial charge < -0.3 is 14.6 Å². The van der Waals surface area contributed by atoms with Gasteiger partial charge in [0, 0.05) is 19.6 Å². The lowest BCUT2D eigenvalue weighted by atomic mass is 9.90. The Morgan fingerprint density at radius 3 is 2.74 bits per heavy atom. The highest BCUT2D eigenvalue weighted by molar-refractivity contribution is 5.70. The van der Waals surface area contributed by atoms with E-state index in [1.807, 2.05) is 6.92 Å². The number of hydrogen-bond acceptors (Lipinski definition) is 4. The molecular formula is C16H21F2NO4. The smallest absolute Gasteiger partial charge is 0.387 e. The Morgan fingerprint density at radius 2 is 2.13 bits per heavy atom. The van der Waals surface area contributed by atoms with Crippen LogP contribution in [0.3, 0.4) is 0 Å². The Balaban J connectivity index is 2.08. The summed E-state index contributed by atoms with van der Waals surface area (Å²) in [6.07, 6.45) is 0.677. The van der Waals surface area contributed by atoms with E-state index >= 15 is 0 Å². The fraction of sp³-hybridized carbons (Fsp3) is 0.562. The zero-order valence-corrected chi connectivity index (χ0v) is 13.2. The zero-order chi connectivity index (χ0) is 17.0. The number of halogens is 2. The first-order valence-corrected chi connectivity index (χ1v) is 7.46. The predicted molar refractivity (Wildman–Crippen MR) is 79.8 cm³/mol. The van der Waals surface area contributed by atoms with E-state index in [4.69, 9.17) is 4.74 Å². The molecule has 128 valence electrons. The van der Waals surface area contributed by atoms with E-state index in [1.165, 1.54) is 13.2 Å². The molecule has 0 saturated carbocycles. The standard InChI is InChI=1S/C16H21F2NO4/c1-10-5-12(15(20)21)9-19(7-10)8-11-3-4-13(23-16(17)18)14(6-11)22-2/h3-4,6,10,12,16H,5,7-9H2,1-2H3,(H,20,21). The molecule has 23 heavy (non-hydrogen) atoms. The van der Waals surface area contributed by atoms with Gasteiger partial charge in [-0.2, -0.15) is 8.78 Å². The third-order valence-electron chi connectivity index (χ3n) is 3.93. The van der Waals surface area contributed by atoms with Gasteiger partial charge in [0.2, 0.25) is 0 Å². The van der Waals surface area contributed by atoms with Gasteiger partial charge >= 0.3 is 12.6 Å². The quantitative estimate of drug-likeness (QED) is 0.870. The van der Waals surface area contributed by atoms with Crippen molar-refractivity contribution in [1.29, 1.82) is 0 Å². The third kappa shape index (κ3) is 4.79. The van der Waals surface area contributed by atoms with E-state index in [0.717, 1.165) is 12.1 Å². The molecule has 0 amide bonds. The molecule has 1 N–H and O–H groups in total. The number of carboxylic acid groups (broad SMARTS) is 1. The van der Waals surface area contributed by atoms with Gasteiger partial charge in [-0.15, -0.1) is 0 Å². The summed E-state index contributed by atoms with van der Waals surface area (Å²) in [4.78, 5) is 13.3. The minimum atomic E-state index is -2.91. The Morgan fingerprint density at radius 1 is 1.39 bits per heavy atom. The van der Waals surface area contributed by atoms with Crippen LogP contribution in [0, 0.1) is 11.8 Å². The molecular weight excluding hydrogens is 308 g/mol. The molecule has 0 aliphatic carbocycles. The van der Waals surface area contributed by atoms with Crippen LogP contribution in [0.4, 0.5) is 8.78 Å². The van der Waals surface area contributed by atoms with E-state index < -0.39 is 12.6 Å². The van der Waals surface area contributed by atoms with E-state index in [2.05, 4.69) is 9.64 Å². The molecule has 1 saturated heterocycles. The van der Waals surface area contributed by atoms with Crippen molar-refractivity contribution in [2.24, 2.45) is 11.8 Å². The SMILES string of the molecule is COc1cc(CN2CC(C)CC(C(=O)O)C2)ccc1OC(F)F. The first-order chi connectivity index (χ1) is 10.9. The summed E-state index contributed by atoms with van der Waals surface area (Å²) >= 11 is 0. The Bertz CT molecular complexity index is 553. The molecule has 5 nitrogen and oxygen atoms in total. The molecule has 0 aromatic heterocycles. The van der Waals surface area contributed by atoms with Gasteiger partial charge in [-0.3, -0.25) is 9.69 Å². The number of carbonyl (C=O) groups is 1. The molecule has 0 spiro atoms. The second kappa shape index (κ2) is 7.59. The Labute approximate surface area is 133 Å². The second-order valence-electron chi connectivity index (χ2n) is 5.93. The molecule has 1 aromatic carbocycles. The molecule has 1 aromatic rings. The van der Waals surface area contributed by atoms with Crippen LogP contribution >= 0.6 is 0 Å². The Hall–Kier alpha value is -1.89. The molecule has 2 unspecified atom stereocenters. The highest BCUT2D eigenvalue weighted by atomic mass is 19.3. The fourth-order valence-electron chi connectivity index (χ4n) is 3.03. The maximum Gasteiger partial charge on any atom is 0.387 e. The average Bonchev–Trinajstić information content (AvgIpc) is 2.47. The minimum Gasteiger partial charge on any atom is -0.493 e. The van der Waals surface area contributed by atoms with E-state index in [0.29, 0.717) is 25.4 Å². The van der Waals surface area contributed by atoms with Gasteiger partial charge in [0.05, 0.1) is 13.0 Å². The second-order valence-corrected chi connectivity index (χ2v) is 5.93. The first-order valence-electron chi connectivity index (χ1n) is 7.46. The summed E-state index contributed by atoms with van der Waals surface area (Å²) in [6.45, 7) is 0.953. The zero-order valence-electron chi connectivity index (χ0n) is 13.2. The van der Waals surface area contributed by atoms with Crippen LogP contribution in [0.2, 0.25) is 0 Å². The maximum absolute atomic E-state index is 12.3. The topological polar surface area (TPSA) is 59.0 Å². The van der Waals surface area contributed by atoms with Crippen molar-refractivity contribution < 1.29 is 28.2 Å². The lowest BCUT2D eigenvalue weighted by molar-refractivity contribution is -0.144.